The lowest BCUT2D eigenvalue weighted by molar-refractivity contribution is -0.140. The Morgan fingerprint density at radius 2 is 1.13 bits per heavy atom. The monoisotopic (exact) mass is 555 g/mol. The fourth-order valence-electron chi connectivity index (χ4n) is 4.91. The quantitative estimate of drug-likeness (QED) is 0.136. The van der Waals surface area contributed by atoms with Crippen LogP contribution in [0.1, 0.15) is 32.1 Å². The zero-order valence-electron chi connectivity index (χ0n) is 22.8. The second-order valence-corrected chi connectivity index (χ2v) is 10.4. The summed E-state index contributed by atoms with van der Waals surface area (Å²) in [5.74, 6) is -2.02. The molecule has 2 saturated heterocycles. The van der Waals surface area contributed by atoms with Crippen molar-refractivity contribution in [2.45, 2.75) is 32.1 Å². The Labute approximate surface area is 229 Å². The van der Waals surface area contributed by atoms with Crippen LogP contribution in [0.3, 0.4) is 0 Å². The van der Waals surface area contributed by atoms with Gasteiger partial charge in [-0.15, -0.1) is 0 Å². The van der Waals surface area contributed by atoms with Crippen molar-refractivity contribution in [1.82, 2.24) is 30.2 Å². The molecule has 0 atom stereocenters. The van der Waals surface area contributed by atoms with E-state index in [0.717, 1.165) is 45.6 Å². The molecule has 2 heterocycles. The molecule has 222 valence electrons. The number of nitrogens with one attached hydrogen (secondary N) is 2. The summed E-state index contributed by atoms with van der Waals surface area (Å²) >= 11 is 0. The lowest BCUT2D eigenvalue weighted by Gasteiger charge is -2.35. The molecule has 6 N–H and O–H groups in total. The van der Waals surface area contributed by atoms with Gasteiger partial charge in [-0.05, 0) is 38.3 Å². The van der Waals surface area contributed by atoms with Crippen LogP contribution in [-0.4, -0.2) is 151 Å². The maximum atomic E-state index is 12.3. The molecule has 14 heteroatoms. The number of rotatable bonds is 15. The molecule has 0 saturated carbocycles. The number of likely N-dealkylation sites (tertiary alicyclic amines) is 1. The fraction of sp³-hybridized carbons (Fsp3) is 0.800. The van der Waals surface area contributed by atoms with Crippen molar-refractivity contribution >= 4 is 29.7 Å². The van der Waals surface area contributed by atoms with Gasteiger partial charge in [0.25, 0.3) is 0 Å². The molecule has 0 aromatic rings. The highest BCUT2D eigenvalue weighted by Crippen LogP contribution is 2.18. The van der Waals surface area contributed by atoms with E-state index in [1.54, 1.807) is 0 Å². The van der Waals surface area contributed by atoms with Crippen LogP contribution in [0, 0.1) is 5.92 Å². The summed E-state index contributed by atoms with van der Waals surface area (Å²) in [6.45, 7) is 7.09. The molecule has 0 aliphatic carbocycles. The lowest BCUT2D eigenvalue weighted by atomic mass is 9.96. The minimum absolute atomic E-state index is 0.0562. The van der Waals surface area contributed by atoms with Crippen LogP contribution in [0.15, 0.2) is 0 Å². The highest BCUT2D eigenvalue weighted by Gasteiger charge is 2.25. The molecule has 0 aromatic carbocycles. The minimum Gasteiger partial charge on any atom is -0.480 e. The summed E-state index contributed by atoms with van der Waals surface area (Å²) in [6, 6.07) is 0. The molecular formula is C25H45N7O7. The number of piperidine rings is 1. The summed E-state index contributed by atoms with van der Waals surface area (Å²) < 4.78 is 0. The first kappa shape index (κ1) is 32.4. The standard InChI is InChI=1S/C25H45N7O7/c26-21(33)3-7-28-22(34)2-1-6-27-23(35)17-29-8-4-20(5-9-29)16-30-10-12-31(18-24(36)37)14-15-32(13-11-30)19-25(38)39/h20H,1-19H2,(H2,26,33)(H,27,35)(H,28,34)(H,36,37)(H,38,39). The van der Waals surface area contributed by atoms with E-state index in [4.69, 9.17) is 5.73 Å². The van der Waals surface area contributed by atoms with E-state index in [1.165, 1.54) is 0 Å². The Hall–Kier alpha value is -2.81. The van der Waals surface area contributed by atoms with Crippen molar-refractivity contribution in [3.05, 3.63) is 0 Å². The Balaban J connectivity index is 1.68. The van der Waals surface area contributed by atoms with Gasteiger partial charge in [-0.2, -0.15) is 0 Å². The van der Waals surface area contributed by atoms with Crippen LogP contribution in [0.2, 0.25) is 0 Å². The number of aliphatic carboxylic acids is 2. The topological polar surface area (TPSA) is 189 Å². The van der Waals surface area contributed by atoms with Gasteiger partial charge in [0.05, 0.1) is 19.6 Å². The number of carboxylic acid groups (broad SMARTS) is 2. The third-order valence-electron chi connectivity index (χ3n) is 7.10. The largest absolute Gasteiger partial charge is 0.480 e. The number of primary amides is 1. The highest BCUT2D eigenvalue weighted by atomic mass is 16.4. The van der Waals surface area contributed by atoms with Crippen LogP contribution < -0.4 is 16.4 Å². The van der Waals surface area contributed by atoms with E-state index < -0.39 is 17.8 Å². The van der Waals surface area contributed by atoms with E-state index >= 15 is 0 Å². The van der Waals surface area contributed by atoms with Gasteiger partial charge in [0.15, 0.2) is 0 Å². The molecule has 2 fully saturated rings. The number of hydrogen-bond donors (Lipinski definition) is 5. The molecule has 39 heavy (non-hydrogen) atoms. The summed E-state index contributed by atoms with van der Waals surface area (Å²) in [6.07, 6.45) is 2.79. The average molecular weight is 556 g/mol. The zero-order chi connectivity index (χ0) is 28.6. The van der Waals surface area contributed by atoms with Gasteiger partial charge >= 0.3 is 11.9 Å². The third-order valence-corrected chi connectivity index (χ3v) is 7.10. The molecular weight excluding hydrogens is 510 g/mol. The van der Waals surface area contributed by atoms with E-state index in [-0.39, 0.29) is 44.3 Å². The second-order valence-electron chi connectivity index (χ2n) is 10.4. The van der Waals surface area contributed by atoms with Gasteiger partial charge in [-0.3, -0.25) is 38.7 Å². The number of carboxylic acids is 2. The predicted molar refractivity (Wildman–Crippen MR) is 143 cm³/mol. The first-order valence-corrected chi connectivity index (χ1v) is 13.8. The van der Waals surface area contributed by atoms with Crippen LogP contribution >= 0.6 is 0 Å². The van der Waals surface area contributed by atoms with Crippen molar-refractivity contribution < 1.29 is 34.2 Å². The van der Waals surface area contributed by atoms with Crippen molar-refractivity contribution in [2.75, 3.05) is 91.6 Å². The highest BCUT2D eigenvalue weighted by molar-refractivity contribution is 5.79. The van der Waals surface area contributed by atoms with E-state index in [9.17, 15) is 34.2 Å². The lowest BCUT2D eigenvalue weighted by Crippen LogP contribution is -2.45. The Morgan fingerprint density at radius 1 is 0.641 bits per heavy atom. The van der Waals surface area contributed by atoms with Crippen molar-refractivity contribution in [2.24, 2.45) is 11.7 Å². The predicted octanol–water partition coefficient (Wildman–Crippen LogP) is -2.32. The SMILES string of the molecule is NC(=O)CCNC(=O)CCCNC(=O)CN1CCC(CN2CCN(CC(=O)O)CCN(CC(=O)O)CC2)CC1. The Kier molecular flexibility index (Phi) is 14.7. The van der Waals surface area contributed by atoms with Gasteiger partial charge in [0, 0.05) is 71.7 Å². The van der Waals surface area contributed by atoms with Crippen molar-refractivity contribution in [3.8, 4) is 0 Å². The Bertz CT molecular complexity index is 793. The number of carbonyl (C=O) groups excluding carboxylic acids is 3. The van der Waals surface area contributed by atoms with Gasteiger partial charge in [-0.25, -0.2) is 0 Å². The van der Waals surface area contributed by atoms with Gasteiger partial charge in [0.1, 0.15) is 0 Å². The summed E-state index contributed by atoms with van der Waals surface area (Å²) in [7, 11) is 0. The third kappa shape index (κ3) is 14.8. The zero-order valence-corrected chi connectivity index (χ0v) is 22.8. The molecule has 2 aliphatic rings. The molecule has 2 rings (SSSR count). The maximum Gasteiger partial charge on any atom is 0.317 e. The van der Waals surface area contributed by atoms with E-state index in [1.807, 2.05) is 9.80 Å². The normalized spacial score (nSPS) is 19.0. The van der Waals surface area contributed by atoms with Crippen LogP contribution in [-0.2, 0) is 24.0 Å². The van der Waals surface area contributed by atoms with Gasteiger partial charge in [0.2, 0.25) is 17.7 Å². The molecule has 0 radical (unpaired) electrons. The van der Waals surface area contributed by atoms with Crippen LogP contribution in [0.5, 0.6) is 0 Å². The molecule has 0 spiro atoms. The second kappa shape index (κ2) is 17.7. The minimum atomic E-state index is -0.885. The van der Waals surface area contributed by atoms with Crippen molar-refractivity contribution in [3.63, 3.8) is 0 Å². The number of carbonyl (C=O) groups is 5. The first-order valence-electron chi connectivity index (χ1n) is 13.8. The average Bonchev–Trinajstić information content (AvgIpc) is 2.94. The van der Waals surface area contributed by atoms with Crippen molar-refractivity contribution in [1.29, 1.82) is 0 Å². The maximum absolute atomic E-state index is 12.3. The van der Waals surface area contributed by atoms with Gasteiger partial charge < -0.3 is 31.5 Å². The molecule has 0 bridgehead atoms. The van der Waals surface area contributed by atoms with E-state index in [2.05, 4.69) is 20.4 Å². The van der Waals surface area contributed by atoms with Crippen LogP contribution in [0.4, 0.5) is 0 Å². The number of nitrogens with zero attached hydrogens (tertiary/aromatic N) is 4. The van der Waals surface area contributed by atoms with E-state index in [0.29, 0.717) is 51.6 Å². The summed E-state index contributed by atoms with van der Waals surface area (Å²) in [4.78, 5) is 65.4. The Morgan fingerprint density at radius 3 is 1.64 bits per heavy atom. The number of amides is 3. The molecule has 2 aliphatic heterocycles. The summed E-state index contributed by atoms with van der Waals surface area (Å²) in [5.41, 5.74) is 5.03. The fourth-order valence-corrected chi connectivity index (χ4v) is 4.91. The molecule has 3 amide bonds. The summed E-state index contributed by atoms with van der Waals surface area (Å²) in [5, 5.41) is 23.9. The molecule has 0 aromatic heterocycles. The smallest absolute Gasteiger partial charge is 0.317 e. The molecule has 14 nitrogen and oxygen atoms in total. The first-order chi connectivity index (χ1) is 18.6. The number of hydrogen-bond acceptors (Lipinski definition) is 9. The number of nitrogens with two attached hydrogens (primary N) is 1. The van der Waals surface area contributed by atoms with Crippen LogP contribution in [0.25, 0.3) is 0 Å². The molecule has 0 unspecified atom stereocenters. The van der Waals surface area contributed by atoms with Gasteiger partial charge in [-0.1, -0.05) is 0 Å².